The highest BCUT2D eigenvalue weighted by Crippen LogP contribution is 2.27. The Morgan fingerprint density at radius 1 is 1.50 bits per heavy atom. The Bertz CT molecular complexity index is 563. The minimum atomic E-state index is -3.14. The average molecular weight is 353 g/mol. The fraction of sp³-hybridized carbons (Fsp3) is 0.846. The molecule has 1 fully saturated rings. The molecule has 0 amide bonds. The summed E-state index contributed by atoms with van der Waals surface area (Å²) < 4.78 is 30.8. The monoisotopic (exact) mass is 352 g/mol. The lowest BCUT2D eigenvalue weighted by molar-refractivity contribution is 0.265. The summed E-state index contributed by atoms with van der Waals surface area (Å²) in [6.07, 6.45) is 2.41. The van der Waals surface area contributed by atoms with Crippen molar-refractivity contribution in [2.24, 2.45) is 0 Å². The summed E-state index contributed by atoms with van der Waals surface area (Å²) in [6.45, 7) is 4.75. The van der Waals surface area contributed by atoms with Gasteiger partial charge in [0, 0.05) is 25.6 Å². The van der Waals surface area contributed by atoms with Crippen LogP contribution in [0.3, 0.4) is 0 Å². The summed E-state index contributed by atoms with van der Waals surface area (Å²) in [5, 5.41) is 7.12. The molecule has 0 saturated carbocycles. The molecule has 1 N–H and O–H groups in total. The van der Waals surface area contributed by atoms with E-state index >= 15 is 0 Å². The number of sulfonamides is 1. The summed E-state index contributed by atoms with van der Waals surface area (Å²) in [4.78, 5) is 4.42. The van der Waals surface area contributed by atoms with Gasteiger partial charge in [0.25, 0.3) is 0 Å². The number of aromatic nitrogens is 2. The second-order valence-electron chi connectivity index (χ2n) is 5.54. The lowest BCUT2D eigenvalue weighted by Gasteiger charge is -2.29. The van der Waals surface area contributed by atoms with Crippen LogP contribution in [-0.2, 0) is 16.4 Å². The zero-order chi connectivity index (χ0) is 15.5. The Balaban J connectivity index is 0.00000242. The molecule has 2 unspecified atom stereocenters. The Kier molecular flexibility index (Phi) is 7.24. The lowest BCUT2D eigenvalue weighted by atomic mass is 10.00. The molecule has 0 aliphatic carbocycles. The highest BCUT2D eigenvalue weighted by atomic mass is 35.5. The first-order chi connectivity index (χ1) is 9.96. The maximum absolute atomic E-state index is 12.0. The van der Waals surface area contributed by atoms with E-state index in [0.717, 1.165) is 12.8 Å². The largest absolute Gasteiger partial charge is 0.339 e. The van der Waals surface area contributed by atoms with E-state index < -0.39 is 10.0 Å². The number of halogens is 1. The number of likely N-dealkylation sites (N-methyl/N-ethyl adjacent to an activating group) is 1. The van der Waals surface area contributed by atoms with Gasteiger partial charge in [0.05, 0.1) is 11.7 Å². The molecule has 1 aliphatic heterocycles. The highest BCUT2D eigenvalue weighted by Gasteiger charge is 2.31. The van der Waals surface area contributed by atoms with E-state index in [9.17, 15) is 8.42 Å². The van der Waals surface area contributed by atoms with Crippen molar-refractivity contribution >= 4 is 22.4 Å². The average Bonchev–Trinajstić information content (AvgIpc) is 2.95. The van der Waals surface area contributed by atoms with Crippen molar-refractivity contribution < 1.29 is 12.9 Å². The van der Waals surface area contributed by atoms with Crippen LogP contribution in [0.4, 0.5) is 0 Å². The highest BCUT2D eigenvalue weighted by molar-refractivity contribution is 7.89. The summed E-state index contributed by atoms with van der Waals surface area (Å²) in [6, 6.07) is 0.277. The van der Waals surface area contributed by atoms with Crippen molar-refractivity contribution in [3.8, 4) is 0 Å². The van der Waals surface area contributed by atoms with Crippen LogP contribution in [0.2, 0.25) is 0 Å². The van der Waals surface area contributed by atoms with Crippen molar-refractivity contribution in [3.05, 3.63) is 11.7 Å². The number of nitrogens with one attached hydrogen (secondary N) is 1. The van der Waals surface area contributed by atoms with E-state index in [1.54, 1.807) is 11.2 Å². The topological polar surface area (TPSA) is 88.3 Å². The molecule has 1 saturated heterocycles. The molecule has 1 aromatic heterocycles. The molecule has 2 rings (SSSR count). The Morgan fingerprint density at radius 2 is 2.23 bits per heavy atom. The molecule has 1 aromatic rings. The fourth-order valence-corrected chi connectivity index (χ4v) is 3.65. The van der Waals surface area contributed by atoms with Crippen LogP contribution in [-0.4, -0.2) is 54.8 Å². The molecule has 9 heteroatoms. The van der Waals surface area contributed by atoms with E-state index in [1.165, 1.54) is 0 Å². The van der Waals surface area contributed by atoms with Crippen LogP contribution >= 0.6 is 12.4 Å². The molecule has 0 bridgehead atoms. The third-order valence-electron chi connectivity index (χ3n) is 3.96. The van der Waals surface area contributed by atoms with Gasteiger partial charge in [0.1, 0.15) is 0 Å². The number of hydrogen-bond donors (Lipinski definition) is 1. The maximum atomic E-state index is 12.0. The van der Waals surface area contributed by atoms with Gasteiger partial charge in [-0.05, 0) is 33.7 Å². The van der Waals surface area contributed by atoms with Crippen LogP contribution in [0.15, 0.2) is 4.52 Å². The normalized spacial score (nSPS) is 21.3. The van der Waals surface area contributed by atoms with E-state index in [-0.39, 0.29) is 30.1 Å². The molecule has 2 heterocycles. The quantitative estimate of drug-likeness (QED) is 0.826. The van der Waals surface area contributed by atoms with Gasteiger partial charge in [-0.2, -0.15) is 4.98 Å². The van der Waals surface area contributed by atoms with Crippen molar-refractivity contribution in [1.82, 2.24) is 19.8 Å². The molecule has 0 aromatic carbocycles. The van der Waals surface area contributed by atoms with Gasteiger partial charge >= 0.3 is 0 Å². The number of piperidine rings is 1. The second-order valence-corrected chi connectivity index (χ2v) is 7.80. The zero-order valence-corrected chi connectivity index (χ0v) is 14.9. The minimum Gasteiger partial charge on any atom is -0.339 e. The van der Waals surface area contributed by atoms with Crippen LogP contribution in [0.5, 0.6) is 0 Å². The molecular weight excluding hydrogens is 328 g/mol. The molecule has 2 atom stereocenters. The van der Waals surface area contributed by atoms with Gasteiger partial charge in [0.15, 0.2) is 5.82 Å². The van der Waals surface area contributed by atoms with Gasteiger partial charge in [-0.15, -0.1) is 12.4 Å². The third-order valence-corrected chi connectivity index (χ3v) is 5.80. The molecule has 0 radical (unpaired) electrons. The predicted molar refractivity (Wildman–Crippen MR) is 86.8 cm³/mol. The molecule has 128 valence electrons. The molecule has 7 nitrogen and oxygen atoms in total. The minimum absolute atomic E-state index is 0. The van der Waals surface area contributed by atoms with E-state index in [0.29, 0.717) is 31.2 Å². The van der Waals surface area contributed by atoms with Gasteiger partial charge in [-0.1, -0.05) is 5.16 Å². The van der Waals surface area contributed by atoms with Crippen LogP contribution < -0.4 is 5.32 Å². The summed E-state index contributed by atoms with van der Waals surface area (Å²) in [5.41, 5.74) is 0. The Hall–Kier alpha value is -0.700. The van der Waals surface area contributed by atoms with Gasteiger partial charge in [0.2, 0.25) is 15.9 Å². The summed E-state index contributed by atoms with van der Waals surface area (Å²) in [7, 11) is -1.26. The smallest absolute Gasteiger partial charge is 0.231 e. The van der Waals surface area contributed by atoms with Gasteiger partial charge < -0.3 is 9.84 Å². The standard InChI is InChI=1S/C13H24N4O3S.ClH/c1-4-21(18,19)17-7-5-6-11(9-17)13-15-12(16-20-13)8-10(2)14-3;/h10-11,14H,4-9H2,1-3H3;1H. The van der Waals surface area contributed by atoms with Crippen molar-refractivity contribution in [2.45, 2.75) is 45.1 Å². The summed E-state index contributed by atoms with van der Waals surface area (Å²) >= 11 is 0. The number of rotatable bonds is 6. The molecule has 1 aliphatic rings. The number of nitrogens with zero attached hydrogens (tertiary/aromatic N) is 3. The molecular formula is C13H25ClN4O3S. The molecule has 22 heavy (non-hydrogen) atoms. The zero-order valence-electron chi connectivity index (χ0n) is 13.3. The lowest BCUT2D eigenvalue weighted by Crippen LogP contribution is -2.40. The number of hydrogen-bond acceptors (Lipinski definition) is 6. The van der Waals surface area contributed by atoms with E-state index in [2.05, 4.69) is 15.5 Å². The predicted octanol–water partition coefficient (Wildman–Crippen LogP) is 1.17. The van der Waals surface area contributed by atoms with Gasteiger partial charge in [-0.3, -0.25) is 0 Å². The maximum Gasteiger partial charge on any atom is 0.231 e. The van der Waals surface area contributed by atoms with Crippen molar-refractivity contribution in [2.75, 3.05) is 25.9 Å². The first-order valence-electron chi connectivity index (χ1n) is 7.43. The van der Waals surface area contributed by atoms with Crippen LogP contribution in [0, 0.1) is 0 Å². The Morgan fingerprint density at radius 3 is 2.86 bits per heavy atom. The fourth-order valence-electron chi connectivity index (χ4n) is 2.47. The second kappa shape index (κ2) is 8.24. The third kappa shape index (κ3) is 4.65. The first-order valence-corrected chi connectivity index (χ1v) is 9.04. The first kappa shape index (κ1) is 19.3. The summed E-state index contributed by atoms with van der Waals surface area (Å²) in [5.74, 6) is 1.37. The van der Waals surface area contributed by atoms with E-state index in [1.807, 2.05) is 14.0 Å². The van der Waals surface area contributed by atoms with E-state index in [4.69, 9.17) is 4.52 Å². The van der Waals surface area contributed by atoms with Crippen molar-refractivity contribution in [3.63, 3.8) is 0 Å². The van der Waals surface area contributed by atoms with Crippen molar-refractivity contribution in [1.29, 1.82) is 0 Å². The van der Waals surface area contributed by atoms with Crippen LogP contribution in [0.25, 0.3) is 0 Å². The van der Waals surface area contributed by atoms with Gasteiger partial charge in [-0.25, -0.2) is 12.7 Å². The van der Waals surface area contributed by atoms with Crippen LogP contribution in [0.1, 0.15) is 44.3 Å². The molecule has 0 spiro atoms. The SMILES string of the molecule is CCS(=O)(=O)N1CCCC(c2nc(CC(C)NC)no2)C1.Cl. The Labute approximate surface area is 138 Å².